The normalized spacial score (nSPS) is 12.2. The average molecular weight is 307 g/mol. The highest BCUT2D eigenvalue weighted by atomic mass is 79.9. The van der Waals surface area contributed by atoms with E-state index in [1.165, 1.54) is 0 Å². The van der Waals surface area contributed by atoms with Gasteiger partial charge in [-0.3, -0.25) is 4.98 Å². The van der Waals surface area contributed by atoms with Crippen molar-refractivity contribution in [2.75, 3.05) is 0 Å². The van der Waals surface area contributed by atoms with Gasteiger partial charge >= 0.3 is 0 Å². The van der Waals surface area contributed by atoms with Gasteiger partial charge in [0.2, 0.25) is 0 Å². The quantitative estimate of drug-likeness (QED) is 0.941. The fraction of sp³-hybridized carbons (Fsp3) is 0.214. The summed E-state index contributed by atoms with van der Waals surface area (Å²) in [5.41, 5.74) is 7.71. The molecule has 1 unspecified atom stereocenters. The summed E-state index contributed by atoms with van der Waals surface area (Å²) < 4.78 is 6.71. The molecule has 0 saturated heterocycles. The van der Waals surface area contributed by atoms with Crippen molar-refractivity contribution >= 4 is 15.9 Å². The molecule has 2 aromatic rings. The van der Waals surface area contributed by atoms with E-state index in [-0.39, 0.29) is 6.04 Å². The molecule has 2 rings (SSSR count). The van der Waals surface area contributed by atoms with E-state index in [9.17, 15) is 0 Å². The van der Waals surface area contributed by atoms with E-state index in [2.05, 4.69) is 20.9 Å². The number of rotatable bonds is 4. The second-order valence-corrected chi connectivity index (χ2v) is 5.04. The van der Waals surface area contributed by atoms with Crippen LogP contribution < -0.4 is 10.5 Å². The number of pyridine rings is 1. The maximum atomic E-state index is 5.74. The van der Waals surface area contributed by atoms with Crippen molar-refractivity contribution in [2.45, 2.75) is 19.6 Å². The van der Waals surface area contributed by atoms with Gasteiger partial charge in [0.1, 0.15) is 12.4 Å². The van der Waals surface area contributed by atoms with Crippen LogP contribution in [0, 0.1) is 0 Å². The molecule has 4 heteroatoms. The summed E-state index contributed by atoms with van der Waals surface area (Å²) in [5, 5.41) is 0. The third-order valence-electron chi connectivity index (χ3n) is 2.52. The van der Waals surface area contributed by atoms with Gasteiger partial charge in [-0.25, -0.2) is 0 Å². The van der Waals surface area contributed by atoms with Crippen molar-refractivity contribution < 1.29 is 4.74 Å². The molecule has 18 heavy (non-hydrogen) atoms. The maximum Gasteiger partial charge on any atom is 0.138 e. The number of halogens is 1. The Morgan fingerprint density at radius 2 is 2.17 bits per heavy atom. The molecule has 3 nitrogen and oxygen atoms in total. The van der Waals surface area contributed by atoms with Gasteiger partial charge in [0.05, 0.1) is 11.9 Å². The predicted octanol–water partition coefficient (Wildman–Crippen LogP) is 3.44. The zero-order valence-electron chi connectivity index (χ0n) is 10.1. The lowest BCUT2D eigenvalue weighted by Crippen LogP contribution is -2.07. The first kappa shape index (κ1) is 13.1. The molecule has 1 heterocycles. The van der Waals surface area contributed by atoms with Crippen LogP contribution in [-0.2, 0) is 6.61 Å². The number of hydrogen-bond acceptors (Lipinski definition) is 3. The Labute approximate surface area is 115 Å². The third kappa shape index (κ3) is 3.55. The highest BCUT2D eigenvalue weighted by Crippen LogP contribution is 2.16. The molecule has 1 aromatic heterocycles. The fourth-order valence-electron chi connectivity index (χ4n) is 1.54. The largest absolute Gasteiger partial charge is 0.487 e. The highest BCUT2D eigenvalue weighted by Gasteiger charge is 2.01. The Balaban J connectivity index is 1.98. The minimum absolute atomic E-state index is 0.0517. The van der Waals surface area contributed by atoms with Crippen LogP contribution in [0.4, 0.5) is 0 Å². The Bertz CT molecular complexity index is 511. The number of hydrogen-bond donors (Lipinski definition) is 1. The first-order valence-corrected chi connectivity index (χ1v) is 6.53. The van der Waals surface area contributed by atoms with Gasteiger partial charge in [-0.15, -0.1) is 0 Å². The van der Waals surface area contributed by atoms with Crippen molar-refractivity contribution in [3.8, 4) is 5.75 Å². The zero-order valence-corrected chi connectivity index (χ0v) is 11.7. The van der Waals surface area contributed by atoms with E-state index < -0.39 is 0 Å². The topological polar surface area (TPSA) is 48.1 Å². The van der Waals surface area contributed by atoms with Gasteiger partial charge in [-0.1, -0.05) is 28.1 Å². The monoisotopic (exact) mass is 306 g/mol. The van der Waals surface area contributed by atoms with Crippen molar-refractivity contribution in [3.05, 3.63) is 58.3 Å². The molecule has 0 bridgehead atoms. The third-order valence-corrected chi connectivity index (χ3v) is 3.01. The minimum atomic E-state index is -0.0517. The number of ether oxygens (including phenoxy) is 1. The van der Waals surface area contributed by atoms with Gasteiger partial charge in [-0.05, 0) is 36.8 Å². The SMILES string of the molecule is CC(N)c1ccc(OCc2cccc(Br)c2)cn1. The molecule has 0 saturated carbocycles. The molecule has 94 valence electrons. The number of nitrogens with two attached hydrogens (primary N) is 1. The molecule has 0 spiro atoms. The lowest BCUT2D eigenvalue weighted by atomic mass is 10.2. The van der Waals surface area contributed by atoms with Crippen LogP contribution in [0.25, 0.3) is 0 Å². The van der Waals surface area contributed by atoms with Gasteiger partial charge in [0, 0.05) is 10.5 Å². The van der Waals surface area contributed by atoms with Gasteiger partial charge in [0.25, 0.3) is 0 Å². The summed E-state index contributed by atoms with van der Waals surface area (Å²) in [6.07, 6.45) is 1.71. The molecule has 1 aromatic carbocycles. The summed E-state index contributed by atoms with van der Waals surface area (Å²) >= 11 is 3.43. The second-order valence-electron chi connectivity index (χ2n) is 4.13. The van der Waals surface area contributed by atoms with Crippen LogP contribution >= 0.6 is 15.9 Å². The second kappa shape index (κ2) is 5.98. The smallest absolute Gasteiger partial charge is 0.138 e. The molecular formula is C14H15BrN2O. The maximum absolute atomic E-state index is 5.74. The van der Waals surface area contributed by atoms with Gasteiger partial charge in [-0.2, -0.15) is 0 Å². The highest BCUT2D eigenvalue weighted by molar-refractivity contribution is 9.10. The molecule has 1 atom stereocenters. The van der Waals surface area contributed by atoms with E-state index in [1.807, 2.05) is 43.3 Å². The van der Waals surface area contributed by atoms with Crippen molar-refractivity contribution in [2.24, 2.45) is 5.73 Å². The van der Waals surface area contributed by atoms with Crippen molar-refractivity contribution in [3.63, 3.8) is 0 Å². The predicted molar refractivity (Wildman–Crippen MR) is 75.3 cm³/mol. The standard InChI is InChI=1S/C14H15BrN2O/c1-10(16)14-6-5-13(8-17-14)18-9-11-3-2-4-12(15)7-11/h2-8,10H,9,16H2,1H3. The Morgan fingerprint density at radius 3 is 2.78 bits per heavy atom. The molecule has 0 amide bonds. The van der Waals surface area contributed by atoms with Crippen LogP contribution in [-0.4, -0.2) is 4.98 Å². The molecule has 0 aliphatic carbocycles. The van der Waals surface area contributed by atoms with E-state index in [0.717, 1.165) is 21.5 Å². The number of nitrogens with zero attached hydrogens (tertiary/aromatic N) is 1. The molecule has 0 fully saturated rings. The van der Waals surface area contributed by atoms with E-state index >= 15 is 0 Å². The Morgan fingerprint density at radius 1 is 1.33 bits per heavy atom. The first-order valence-electron chi connectivity index (χ1n) is 5.74. The summed E-state index contributed by atoms with van der Waals surface area (Å²) in [6, 6.07) is 11.8. The lowest BCUT2D eigenvalue weighted by Gasteiger charge is -2.08. The Kier molecular flexibility index (Phi) is 4.33. The van der Waals surface area contributed by atoms with Crippen LogP contribution in [0.5, 0.6) is 5.75 Å². The number of aromatic nitrogens is 1. The minimum Gasteiger partial charge on any atom is -0.487 e. The fourth-order valence-corrected chi connectivity index (χ4v) is 1.99. The zero-order chi connectivity index (χ0) is 13.0. The van der Waals surface area contributed by atoms with E-state index in [0.29, 0.717) is 6.61 Å². The average Bonchev–Trinajstić information content (AvgIpc) is 2.37. The van der Waals surface area contributed by atoms with Crippen molar-refractivity contribution in [1.82, 2.24) is 4.98 Å². The van der Waals surface area contributed by atoms with Crippen LogP contribution in [0.1, 0.15) is 24.2 Å². The molecule has 0 aliphatic rings. The van der Waals surface area contributed by atoms with E-state index in [4.69, 9.17) is 10.5 Å². The lowest BCUT2D eigenvalue weighted by molar-refractivity contribution is 0.304. The van der Waals surface area contributed by atoms with Crippen molar-refractivity contribution in [1.29, 1.82) is 0 Å². The van der Waals surface area contributed by atoms with Gasteiger partial charge in [0.15, 0.2) is 0 Å². The van der Waals surface area contributed by atoms with E-state index in [1.54, 1.807) is 6.20 Å². The molecule has 2 N–H and O–H groups in total. The molecule has 0 aliphatic heterocycles. The van der Waals surface area contributed by atoms with Crippen LogP contribution in [0.2, 0.25) is 0 Å². The van der Waals surface area contributed by atoms with Gasteiger partial charge < -0.3 is 10.5 Å². The molecule has 0 radical (unpaired) electrons. The summed E-state index contributed by atoms with van der Waals surface area (Å²) in [7, 11) is 0. The van der Waals surface area contributed by atoms with Crippen LogP contribution in [0.15, 0.2) is 47.1 Å². The first-order chi connectivity index (χ1) is 8.65. The molecular weight excluding hydrogens is 292 g/mol. The van der Waals surface area contributed by atoms with Crippen LogP contribution in [0.3, 0.4) is 0 Å². The summed E-state index contributed by atoms with van der Waals surface area (Å²) in [5.74, 6) is 0.749. The number of benzene rings is 1. The summed E-state index contributed by atoms with van der Waals surface area (Å²) in [6.45, 7) is 2.43. The summed E-state index contributed by atoms with van der Waals surface area (Å²) in [4.78, 5) is 4.25. The Hall–Kier alpha value is -1.39.